The van der Waals surface area contributed by atoms with Gasteiger partial charge in [0.1, 0.15) is 5.75 Å². The highest BCUT2D eigenvalue weighted by atomic mass is 35.5. The number of hydrogen-bond donors (Lipinski definition) is 1. The molecule has 0 aliphatic heterocycles. The quantitative estimate of drug-likeness (QED) is 0.0864. The number of hydrazone groups is 1. The van der Waals surface area contributed by atoms with E-state index in [0.29, 0.717) is 21.7 Å². The molecule has 36 heavy (non-hydrogen) atoms. The molecule has 178 valence electrons. The van der Waals surface area contributed by atoms with Crippen molar-refractivity contribution in [3.63, 3.8) is 0 Å². The van der Waals surface area contributed by atoms with Crippen molar-refractivity contribution in [1.82, 2.24) is 5.43 Å². The first-order valence-electron chi connectivity index (χ1n) is 10.7. The van der Waals surface area contributed by atoms with Crippen LogP contribution in [0.15, 0.2) is 96.1 Å². The van der Waals surface area contributed by atoms with E-state index in [-0.39, 0.29) is 11.4 Å². The van der Waals surface area contributed by atoms with E-state index in [9.17, 15) is 19.7 Å². The van der Waals surface area contributed by atoms with Crippen molar-refractivity contribution in [1.29, 1.82) is 0 Å². The van der Waals surface area contributed by atoms with E-state index in [1.54, 1.807) is 18.2 Å². The fourth-order valence-electron chi connectivity index (χ4n) is 3.37. The molecule has 1 amide bonds. The fraction of sp³-hybridized carbons (Fsp3) is 0. The van der Waals surface area contributed by atoms with E-state index >= 15 is 0 Å². The Labute approximate surface area is 210 Å². The Morgan fingerprint density at radius 3 is 2.50 bits per heavy atom. The summed E-state index contributed by atoms with van der Waals surface area (Å²) in [5.41, 5.74) is 3.87. The van der Waals surface area contributed by atoms with E-state index in [0.717, 1.165) is 10.8 Å². The van der Waals surface area contributed by atoms with Gasteiger partial charge in [-0.15, -0.1) is 0 Å². The lowest BCUT2D eigenvalue weighted by molar-refractivity contribution is -0.384. The number of carbonyl (C=O) groups excluding carboxylic acids is 2. The maximum atomic E-state index is 12.7. The molecule has 4 aromatic carbocycles. The van der Waals surface area contributed by atoms with Gasteiger partial charge in [-0.25, -0.2) is 10.2 Å². The van der Waals surface area contributed by atoms with Gasteiger partial charge in [-0.3, -0.25) is 14.9 Å². The number of nitrogens with one attached hydrogen (secondary N) is 1. The molecule has 9 heteroatoms. The Bertz CT molecular complexity index is 1510. The van der Waals surface area contributed by atoms with Gasteiger partial charge in [-0.05, 0) is 58.8 Å². The first kappa shape index (κ1) is 24.3. The normalized spacial score (nSPS) is 11.1. The summed E-state index contributed by atoms with van der Waals surface area (Å²) in [5.74, 6) is -0.888. The van der Waals surface area contributed by atoms with Crippen LogP contribution in [0.3, 0.4) is 0 Å². The molecule has 1 N–H and O–H groups in total. The maximum Gasteiger partial charge on any atom is 0.336 e. The van der Waals surface area contributed by atoms with E-state index < -0.39 is 16.8 Å². The SMILES string of the molecule is O=C(/C=C/c1ccc([N+](=O)[O-])cc1)Oc1ccc(Cl)cc1/C=N/NC(=O)c1cccc2ccccc12. The Hall–Kier alpha value is -4.82. The topological polar surface area (TPSA) is 111 Å². The average Bonchev–Trinajstić information content (AvgIpc) is 2.88. The number of hydrogen-bond acceptors (Lipinski definition) is 6. The van der Waals surface area contributed by atoms with Crippen LogP contribution in [0.5, 0.6) is 5.75 Å². The zero-order valence-corrected chi connectivity index (χ0v) is 19.4. The molecular formula is C27H18ClN3O5. The fourth-order valence-corrected chi connectivity index (χ4v) is 3.55. The van der Waals surface area contributed by atoms with Gasteiger partial charge in [0.15, 0.2) is 0 Å². The van der Waals surface area contributed by atoms with Crippen LogP contribution < -0.4 is 10.2 Å². The van der Waals surface area contributed by atoms with Crippen LogP contribution in [-0.4, -0.2) is 23.0 Å². The number of nitrogens with zero attached hydrogens (tertiary/aromatic N) is 2. The zero-order valence-electron chi connectivity index (χ0n) is 18.6. The minimum Gasteiger partial charge on any atom is -0.423 e. The van der Waals surface area contributed by atoms with Crippen LogP contribution in [0.4, 0.5) is 5.69 Å². The molecule has 0 fully saturated rings. The number of ether oxygens (including phenoxy) is 1. The third-order valence-electron chi connectivity index (χ3n) is 5.10. The van der Waals surface area contributed by atoms with Crippen molar-refractivity contribution in [2.45, 2.75) is 0 Å². The summed E-state index contributed by atoms with van der Waals surface area (Å²) >= 11 is 6.08. The Kier molecular flexibility index (Phi) is 7.48. The molecule has 0 aromatic heterocycles. The second-order valence-electron chi connectivity index (χ2n) is 7.51. The largest absolute Gasteiger partial charge is 0.423 e. The number of halogens is 1. The van der Waals surface area contributed by atoms with Gasteiger partial charge < -0.3 is 4.74 Å². The molecule has 0 saturated carbocycles. The van der Waals surface area contributed by atoms with E-state index in [4.69, 9.17) is 16.3 Å². The average molecular weight is 500 g/mol. The monoisotopic (exact) mass is 499 g/mol. The second kappa shape index (κ2) is 11.1. The molecule has 0 spiro atoms. The van der Waals surface area contributed by atoms with Crippen molar-refractivity contribution in [3.05, 3.63) is 123 Å². The first-order valence-corrected chi connectivity index (χ1v) is 11.0. The smallest absolute Gasteiger partial charge is 0.336 e. The maximum absolute atomic E-state index is 12.7. The van der Waals surface area contributed by atoms with Crippen LogP contribution in [0.25, 0.3) is 16.8 Å². The van der Waals surface area contributed by atoms with Crippen LogP contribution in [0, 0.1) is 10.1 Å². The highest BCUT2D eigenvalue weighted by Crippen LogP contribution is 2.22. The summed E-state index contributed by atoms with van der Waals surface area (Å²) in [6.07, 6.45) is 4.00. The molecular weight excluding hydrogens is 482 g/mol. The van der Waals surface area contributed by atoms with Crippen molar-refractivity contribution in [2.75, 3.05) is 0 Å². The molecule has 0 aliphatic rings. The van der Waals surface area contributed by atoms with Gasteiger partial charge in [0.2, 0.25) is 0 Å². The number of nitro benzene ring substituents is 1. The number of amides is 1. The third-order valence-corrected chi connectivity index (χ3v) is 5.34. The highest BCUT2D eigenvalue weighted by molar-refractivity contribution is 6.31. The van der Waals surface area contributed by atoms with Gasteiger partial charge >= 0.3 is 5.97 Å². The lowest BCUT2D eigenvalue weighted by Gasteiger charge is -2.07. The number of fused-ring (bicyclic) bond motifs is 1. The van der Waals surface area contributed by atoms with Gasteiger partial charge in [0, 0.05) is 34.4 Å². The standard InChI is InChI=1S/C27H18ClN3O5/c28-21-11-14-25(36-26(32)15-10-18-8-12-22(13-9-18)31(34)35)20(16-21)17-29-30-27(33)24-7-3-5-19-4-1-2-6-23(19)24/h1-17H,(H,30,33)/b15-10+,29-17+. The summed E-state index contributed by atoms with van der Waals surface area (Å²) in [4.78, 5) is 35.2. The zero-order chi connectivity index (χ0) is 25.5. The molecule has 0 heterocycles. The van der Waals surface area contributed by atoms with Crippen molar-refractivity contribution < 1.29 is 19.2 Å². The highest BCUT2D eigenvalue weighted by Gasteiger charge is 2.10. The Morgan fingerprint density at radius 1 is 0.972 bits per heavy atom. The van der Waals surface area contributed by atoms with E-state index in [2.05, 4.69) is 10.5 Å². The second-order valence-corrected chi connectivity index (χ2v) is 7.95. The number of carbonyl (C=O) groups is 2. The third kappa shape index (κ3) is 5.99. The summed E-state index contributed by atoms with van der Waals surface area (Å²) < 4.78 is 5.39. The first-order chi connectivity index (χ1) is 17.4. The van der Waals surface area contributed by atoms with Crippen molar-refractivity contribution >= 4 is 52.2 Å². The summed E-state index contributed by atoms with van der Waals surface area (Å²) in [6.45, 7) is 0. The molecule has 0 unspecified atom stereocenters. The van der Waals surface area contributed by atoms with Gasteiger partial charge in [-0.2, -0.15) is 5.10 Å². The molecule has 4 aromatic rings. The van der Waals surface area contributed by atoms with Gasteiger partial charge in [0.25, 0.3) is 11.6 Å². The number of benzene rings is 4. The Morgan fingerprint density at radius 2 is 1.72 bits per heavy atom. The number of rotatable bonds is 7. The molecule has 8 nitrogen and oxygen atoms in total. The van der Waals surface area contributed by atoms with Crippen LogP contribution in [0.1, 0.15) is 21.5 Å². The van der Waals surface area contributed by atoms with Crippen LogP contribution >= 0.6 is 11.6 Å². The van der Waals surface area contributed by atoms with Crippen LogP contribution in [0.2, 0.25) is 5.02 Å². The molecule has 0 radical (unpaired) electrons. The summed E-state index contributed by atoms with van der Waals surface area (Å²) in [6, 6.07) is 23.2. The number of non-ortho nitro benzene ring substituents is 1. The van der Waals surface area contributed by atoms with E-state index in [1.807, 2.05) is 30.3 Å². The molecule has 0 bridgehead atoms. The van der Waals surface area contributed by atoms with Gasteiger partial charge in [-0.1, -0.05) is 48.0 Å². The Balaban J connectivity index is 1.45. The van der Waals surface area contributed by atoms with E-state index in [1.165, 1.54) is 54.8 Å². The lowest BCUT2D eigenvalue weighted by atomic mass is 10.0. The minimum atomic E-state index is -0.676. The van der Waals surface area contributed by atoms with Crippen molar-refractivity contribution in [3.8, 4) is 5.75 Å². The number of nitro groups is 1. The minimum absolute atomic E-state index is 0.0487. The lowest BCUT2D eigenvalue weighted by Crippen LogP contribution is -2.18. The summed E-state index contributed by atoms with van der Waals surface area (Å²) in [7, 11) is 0. The number of esters is 1. The van der Waals surface area contributed by atoms with Gasteiger partial charge in [0.05, 0.1) is 11.1 Å². The summed E-state index contributed by atoms with van der Waals surface area (Å²) in [5, 5.41) is 16.9. The predicted octanol–water partition coefficient (Wildman–Crippen LogP) is 5.78. The predicted molar refractivity (Wildman–Crippen MR) is 138 cm³/mol. The van der Waals surface area contributed by atoms with Crippen molar-refractivity contribution in [2.24, 2.45) is 5.10 Å². The molecule has 4 rings (SSSR count). The van der Waals surface area contributed by atoms with Crippen LogP contribution in [-0.2, 0) is 4.79 Å². The molecule has 0 saturated heterocycles. The molecule has 0 aliphatic carbocycles. The molecule has 0 atom stereocenters.